The average molecular weight is 277 g/mol. The molecule has 2 heteroatoms. The van der Waals surface area contributed by atoms with Crippen molar-refractivity contribution in [1.82, 2.24) is 0 Å². The van der Waals surface area contributed by atoms with Crippen LogP contribution >= 0.6 is 0 Å². The fourth-order valence-corrected chi connectivity index (χ4v) is 2.83. The fraction of sp³-hybridized carbons (Fsp3) is 0.211. The number of nitrogens with one attached hydrogen (secondary N) is 1. The first-order valence-corrected chi connectivity index (χ1v) is 7.33. The molecule has 1 N–H and O–H groups in total. The molecule has 0 amide bonds. The molecule has 0 unspecified atom stereocenters. The van der Waals surface area contributed by atoms with E-state index in [9.17, 15) is 4.79 Å². The standard InChI is InChI=1S/C19H19NO/c1-14-7-5-6-10-19(14)20-17-11-16(12-18(21)13-17)15-8-3-2-4-9-15/h2-10,13,16,20H,11-12H2,1H3/t16-/m1/s1. The largest absolute Gasteiger partial charge is 0.359 e. The third-order valence-electron chi connectivity index (χ3n) is 3.96. The smallest absolute Gasteiger partial charge is 0.158 e. The number of allylic oxidation sites excluding steroid dienone is 2. The van der Waals surface area contributed by atoms with E-state index in [1.165, 1.54) is 11.1 Å². The summed E-state index contributed by atoms with van der Waals surface area (Å²) in [4.78, 5) is 12.0. The minimum absolute atomic E-state index is 0.200. The maximum atomic E-state index is 12.0. The molecule has 0 spiro atoms. The first kappa shape index (κ1) is 13.6. The van der Waals surface area contributed by atoms with E-state index in [2.05, 4.69) is 30.4 Å². The molecule has 1 aliphatic rings. The first-order valence-electron chi connectivity index (χ1n) is 7.33. The van der Waals surface area contributed by atoms with Crippen molar-refractivity contribution >= 4 is 11.5 Å². The number of carbonyl (C=O) groups is 1. The van der Waals surface area contributed by atoms with E-state index in [0.717, 1.165) is 17.8 Å². The number of anilines is 1. The van der Waals surface area contributed by atoms with Gasteiger partial charge in [-0.3, -0.25) is 4.79 Å². The van der Waals surface area contributed by atoms with Crippen molar-refractivity contribution < 1.29 is 4.79 Å². The Labute approximate surface area is 125 Å². The first-order chi connectivity index (χ1) is 10.2. The Bertz CT molecular complexity index is 673. The van der Waals surface area contributed by atoms with Gasteiger partial charge in [-0.1, -0.05) is 48.5 Å². The normalized spacial score (nSPS) is 18.2. The molecule has 0 bridgehead atoms. The molecule has 0 fully saturated rings. The van der Waals surface area contributed by atoms with Crippen molar-refractivity contribution in [3.8, 4) is 0 Å². The van der Waals surface area contributed by atoms with E-state index in [1.54, 1.807) is 6.08 Å². The molecule has 1 aliphatic carbocycles. The molecule has 3 rings (SSSR count). The molecule has 0 radical (unpaired) electrons. The van der Waals surface area contributed by atoms with Crippen LogP contribution in [0.1, 0.15) is 29.9 Å². The minimum Gasteiger partial charge on any atom is -0.359 e. The molecular weight excluding hydrogens is 258 g/mol. The predicted octanol–water partition coefficient (Wildman–Crippen LogP) is 4.44. The lowest BCUT2D eigenvalue weighted by atomic mass is 9.85. The highest BCUT2D eigenvalue weighted by Gasteiger charge is 2.22. The predicted molar refractivity (Wildman–Crippen MR) is 86.3 cm³/mol. The van der Waals surface area contributed by atoms with Crippen LogP contribution in [0.3, 0.4) is 0 Å². The summed E-state index contributed by atoms with van der Waals surface area (Å²) in [7, 11) is 0. The number of benzene rings is 2. The number of hydrogen-bond acceptors (Lipinski definition) is 2. The van der Waals surface area contributed by atoms with Gasteiger partial charge < -0.3 is 5.32 Å². The number of rotatable bonds is 3. The summed E-state index contributed by atoms with van der Waals surface area (Å²) in [6.45, 7) is 2.07. The van der Waals surface area contributed by atoms with E-state index in [0.29, 0.717) is 6.42 Å². The molecule has 21 heavy (non-hydrogen) atoms. The number of hydrogen-bond donors (Lipinski definition) is 1. The Balaban J connectivity index is 1.80. The highest BCUT2D eigenvalue weighted by molar-refractivity contribution is 5.92. The maximum Gasteiger partial charge on any atom is 0.158 e. The van der Waals surface area contributed by atoms with Crippen LogP contribution in [-0.4, -0.2) is 5.78 Å². The molecule has 1 atom stereocenters. The summed E-state index contributed by atoms with van der Waals surface area (Å²) in [5.74, 6) is 0.474. The number of carbonyl (C=O) groups excluding carboxylic acids is 1. The van der Waals surface area contributed by atoms with Crippen LogP contribution in [0, 0.1) is 6.92 Å². The Morgan fingerprint density at radius 3 is 2.43 bits per heavy atom. The Morgan fingerprint density at radius 1 is 0.952 bits per heavy atom. The SMILES string of the molecule is Cc1ccccc1NC1=CC(=O)C[C@H](c2ccccc2)C1. The molecule has 2 aromatic rings. The van der Waals surface area contributed by atoms with E-state index in [1.807, 2.05) is 36.4 Å². The van der Waals surface area contributed by atoms with Crippen LogP contribution in [0.5, 0.6) is 0 Å². The van der Waals surface area contributed by atoms with Gasteiger partial charge in [0.2, 0.25) is 0 Å². The van der Waals surface area contributed by atoms with E-state index < -0.39 is 0 Å². The lowest BCUT2D eigenvalue weighted by Gasteiger charge is -2.24. The van der Waals surface area contributed by atoms with Gasteiger partial charge in [-0.15, -0.1) is 0 Å². The zero-order chi connectivity index (χ0) is 14.7. The molecule has 2 aromatic carbocycles. The van der Waals surface area contributed by atoms with Gasteiger partial charge in [-0.25, -0.2) is 0 Å². The third kappa shape index (κ3) is 3.22. The molecule has 0 heterocycles. The van der Waals surface area contributed by atoms with Crippen LogP contribution in [-0.2, 0) is 4.79 Å². The van der Waals surface area contributed by atoms with Crippen LogP contribution < -0.4 is 5.32 Å². The van der Waals surface area contributed by atoms with E-state index >= 15 is 0 Å². The highest BCUT2D eigenvalue weighted by atomic mass is 16.1. The van der Waals surface area contributed by atoms with E-state index in [-0.39, 0.29) is 11.7 Å². The van der Waals surface area contributed by atoms with Gasteiger partial charge in [0.05, 0.1) is 0 Å². The van der Waals surface area contributed by atoms with Gasteiger partial charge >= 0.3 is 0 Å². The van der Waals surface area contributed by atoms with Gasteiger partial charge in [0.15, 0.2) is 5.78 Å². The van der Waals surface area contributed by atoms with Crippen molar-refractivity contribution in [3.63, 3.8) is 0 Å². The highest BCUT2D eigenvalue weighted by Crippen LogP contribution is 2.32. The van der Waals surface area contributed by atoms with Crippen molar-refractivity contribution in [3.05, 3.63) is 77.5 Å². The van der Waals surface area contributed by atoms with Crippen molar-refractivity contribution in [2.45, 2.75) is 25.7 Å². The van der Waals surface area contributed by atoms with Crippen LogP contribution in [0.4, 0.5) is 5.69 Å². The zero-order valence-electron chi connectivity index (χ0n) is 12.2. The van der Waals surface area contributed by atoms with Gasteiger partial charge in [0, 0.05) is 23.9 Å². The van der Waals surface area contributed by atoms with Crippen LogP contribution in [0.25, 0.3) is 0 Å². The molecule has 0 aromatic heterocycles. The summed E-state index contributed by atoms with van der Waals surface area (Å²) in [5.41, 5.74) is 4.51. The number of ketones is 1. The van der Waals surface area contributed by atoms with Crippen molar-refractivity contribution in [2.75, 3.05) is 5.32 Å². The molecule has 2 nitrogen and oxygen atoms in total. The Kier molecular flexibility index (Phi) is 3.87. The fourth-order valence-electron chi connectivity index (χ4n) is 2.83. The quantitative estimate of drug-likeness (QED) is 0.898. The summed E-state index contributed by atoms with van der Waals surface area (Å²) in [6.07, 6.45) is 3.24. The lowest BCUT2D eigenvalue weighted by molar-refractivity contribution is -0.115. The molecule has 0 saturated carbocycles. The Morgan fingerprint density at radius 2 is 1.67 bits per heavy atom. The van der Waals surface area contributed by atoms with Gasteiger partial charge in [-0.2, -0.15) is 0 Å². The summed E-state index contributed by atoms with van der Waals surface area (Å²) in [6, 6.07) is 18.4. The molecule has 0 aliphatic heterocycles. The summed E-state index contributed by atoms with van der Waals surface area (Å²) in [5, 5.41) is 3.42. The van der Waals surface area contributed by atoms with Crippen LogP contribution in [0.2, 0.25) is 0 Å². The lowest BCUT2D eigenvalue weighted by Crippen LogP contribution is -2.17. The number of aryl methyl sites for hydroxylation is 1. The monoisotopic (exact) mass is 277 g/mol. The van der Waals surface area contributed by atoms with Gasteiger partial charge in [0.1, 0.15) is 0 Å². The topological polar surface area (TPSA) is 29.1 Å². The maximum absolute atomic E-state index is 12.0. The third-order valence-corrected chi connectivity index (χ3v) is 3.96. The van der Waals surface area contributed by atoms with Gasteiger partial charge in [0.25, 0.3) is 0 Å². The van der Waals surface area contributed by atoms with Crippen molar-refractivity contribution in [2.24, 2.45) is 0 Å². The molecule has 0 saturated heterocycles. The summed E-state index contributed by atoms with van der Waals surface area (Å²) < 4.78 is 0. The number of para-hydroxylation sites is 1. The van der Waals surface area contributed by atoms with E-state index in [4.69, 9.17) is 0 Å². The minimum atomic E-state index is 0.200. The van der Waals surface area contributed by atoms with Crippen molar-refractivity contribution in [1.29, 1.82) is 0 Å². The molecule has 106 valence electrons. The second-order valence-electron chi connectivity index (χ2n) is 5.59. The Hall–Kier alpha value is -2.35. The van der Waals surface area contributed by atoms with Crippen LogP contribution in [0.15, 0.2) is 66.4 Å². The second kappa shape index (κ2) is 5.96. The van der Waals surface area contributed by atoms with Gasteiger partial charge in [-0.05, 0) is 36.5 Å². The average Bonchev–Trinajstić information content (AvgIpc) is 2.50. The zero-order valence-corrected chi connectivity index (χ0v) is 12.2. The summed E-state index contributed by atoms with van der Waals surface area (Å²) >= 11 is 0. The molecular formula is C19H19NO. The second-order valence-corrected chi connectivity index (χ2v) is 5.59.